The summed E-state index contributed by atoms with van der Waals surface area (Å²) in [5, 5.41) is 3.39. The fourth-order valence-corrected chi connectivity index (χ4v) is 3.44. The highest BCUT2D eigenvalue weighted by atomic mass is 35.5. The molecule has 1 saturated carbocycles. The average Bonchev–Trinajstić information content (AvgIpc) is 2.43. The van der Waals surface area contributed by atoms with Gasteiger partial charge in [-0.1, -0.05) is 18.6 Å². The summed E-state index contributed by atoms with van der Waals surface area (Å²) in [6.07, 6.45) is 3.79. The lowest BCUT2D eigenvalue weighted by Gasteiger charge is -2.43. The maximum atomic E-state index is 14.0. The molecule has 0 bridgehead atoms. The van der Waals surface area contributed by atoms with Gasteiger partial charge in [0.25, 0.3) is 0 Å². The van der Waals surface area contributed by atoms with E-state index in [1.54, 1.807) is 13.2 Å². The molecule has 0 aromatic heterocycles. The molecule has 5 heteroatoms. The molecule has 2 fully saturated rings. The molecule has 1 heterocycles. The largest absolute Gasteiger partial charge is 0.493 e. The van der Waals surface area contributed by atoms with Gasteiger partial charge >= 0.3 is 0 Å². The summed E-state index contributed by atoms with van der Waals surface area (Å²) in [5.74, 6) is 0.830. The molecule has 1 saturated heterocycles. The van der Waals surface area contributed by atoms with Crippen LogP contribution in [0.5, 0.6) is 5.75 Å². The van der Waals surface area contributed by atoms with Crippen molar-refractivity contribution in [1.29, 1.82) is 0 Å². The van der Waals surface area contributed by atoms with E-state index in [0.29, 0.717) is 17.7 Å². The van der Waals surface area contributed by atoms with Gasteiger partial charge in [-0.3, -0.25) is 4.90 Å². The number of hydrogen-bond acceptors (Lipinski definition) is 3. The number of para-hydroxylation sites is 1. The van der Waals surface area contributed by atoms with Crippen LogP contribution >= 0.6 is 12.4 Å². The van der Waals surface area contributed by atoms with Gasteiger partial charge in [0, 0.05) is 37.8 Å². The number of ether oxygens (including phenoxy) is 1. The SMILES string of the molecule is COc1c(F)cccc1[C@H](C1CCC1)N1CCNCC1.Cl. The first-order valence-corrected chi connectivity index (χ1v) is 7.58. The number of benzene rings is 1. The number of nitrogens with zero attached hydrogens (tertiary/aromatic N) is 1. The van der Waals surface area contributed by atoms with E-state index in [-0.39, 0.29) is 18.2 Å². The van der Waals surface area contributed by atoms with E-state index in [1.807, 2.05) is 6.07 Å². The fourth-order valence-electron chi connectivity index (χ4n) is 3.44. The highest BCUT2D eigenvalue weighted by Gasteiger charge is 2.35. The van der Waals surface area contributed by atoms with E-state index in [9.17, 15) is 4.39 Å². The predicted octanol–water partition coefficient (Wildman–Crippen LogP) is 3.00. The Balaban J connectivity index is 0.00000161. The van der Waals surface area contributed by atoms with Gasteiger partial charge in [-0.25, -0.2) is 4.39 Å². The first kappa shape index (κ1) is 16.5. The Morgan fingerprint density at radius 1 is 1.29 bits per heavy atom. The second kappa shape index (κ2) is 7.43. The molecular formula is C16H24ClFN2O. The molecule has 118 valence electrons. The summed E-state index contributed by atoms with van der Waals surface area (Å²) >= 11 is 0. The van der Waals surface area contributed by atoms with E-state index in [0.717, 1.165) is 31.7 Å². The zero-order valence-electron chi connectivity index (χ0n) is 12.5. The minimum absolute atomic E-state index is 0. The van der Waals surface area contributed by atoms with Crippen LogP contribution in [-0.4, -0.2) is 38.2 Å². The lowest BCUT2D eigenvalue weighted by atomic mass is 9.76. The normalized spacial score (nSPS) is 21.2. The first-order valence-electron chi connectivity index (χ1n) is 7.58. The number of nitrogens with one attached hydrogen (secondary N) is 1. The van der Waals surface area contributed by atoms with Crippen molar-refractivity contribution >= 4 is 12.4 Å². The first-order chi connectivity index (χ1) is 9.81. The maximum absolute atomic E-state index is 14.0. The average molecular weight is 315 g/mol. The van der Waals surface area contributed by atoms with Crippen LogP contribution in [0.3, 0.4) is 0 Å². The molecular weight excluding hydrogens is 291 g/mol. The molecule has 0 unspecified atom stereocenters. The third-order valence-corrected chi connectivity index (χ3v) is 4.66. The Morgan fingerprint density at radius 3 is 2.57 bits per heavy atom. The van der Waals surface area contributed by atoms with Gasteiger partial charge in [-0.15, -0.1) is 12.4 Å². The number of rotatable bonds is 4. The molecule has 1 aliphatic heterocycles. The summed E-state index contributed by atoms with van der Waals surface area (Å²) in [5.41, 5.74) is 1.03. The lowest BCUT2D eigenvalue weighted by Crippen LogP contribution is -2.48. The van der Waals surface area contributed by atoms with Crippen LogP contribution in [0.1, 0.15) is 30.9 Å². The van der Waals surface area contributed by atoms with Crippen molar-refractivity contribution in [3.8, 4) is 5.75 Å². The molecule has 0 radical (unpaired) electrons. The minimum atomic E-state index is -0.246. The van der Waals surface area contributed by atoms with Gasteiger partial charge in [0.1, 0.15) is 0 Å². The summed E-state index contributed by atoms with van der Waals surface area (Å²) in [6, 6.07) is 5.63. The lowest BCUT2D eigenvalue weighted by molar-refractivity contribution is 0.0814. The van der Waals surface area contributed by atoms with Gasteiger partial charge in [0.2, 0.25) is 0 Å². The second-order valence-electron chi connectivity index (χ2n) is 5.78. The number of hydrogen-bond donors (Lipinski definition) is 1. The van der Waals surface area contributed by atoms with E-state index in [4.69, 9.17) is 4.74 Å². The Kier molecular flexibility index (Phi) is 5.85. The Bertz CT molecular complexity index is 462. The number of piperazine rings is 1. The molecule has 2 aliphatic rings. The molecule has 1 aliphatic carbocycles. The quantitative estimate of drug-likeness (QED) is 0.924. The smallest absolute Gasteiger partial charge is 0.165 e. The highest BCUT2D eigenvalue weighted by Crippen LogP contribution is 2.44. The van der Waals surface area contributed by atoms with Crippen LogP contribution in [0.25, 0.3) is 0 Å². The fraction of sp³-hybridized carbons (Fsp3) is 0.625. The van der Waals surface area contributed by atoms with Gasteiger partial charge in [0.05, 0.1) is 7.11 Å². The molecule has 1 N–H and O–H groups in total. The maximum Gasteiger partial charge on any atom is 0.165 e. The zero-order chi connectivity index (χ0) is 13.9. The van der Waals surface area contributed by atoms with E-state index in [1.165, 1.54) is 25.3 Å². The molecule has 3 nitrogen and oxygen atoms in total. The molecule has 3 rings (SSSR count). The second-order valence-corrected chi connectivity index (χ2v) is 5.78. The van der Waals surface area contributed by atoms with Crippen LogP contribution in [0.15, 0.2) is 18.2 Å². The van der Waals surface area contributed by atoms with Crippen molar-refractivity contribution in [3.05, 3.63) is 29.6 Å². The van der Waals surface area contributed by atoms with E-state index >= 15 is 0 Å². The minimum Gasteiger partial charge on any atom is -0.493 e. The van der Waals surface area contributed by atoms with Gasteiger partial charge in [-0.2, -0.15) is 0 Å². The summed E-state index contributed by atoms with van der Waals surface area (Å²) in [6.45, 7) is 4.09. The van der Waals surface area contributed by atoms with Gasteiger partial charge in [0.15, 0.2) is 11.6 Å². The van der Waals surface area contributed by atoms with Crippen molar-refractivity contribution in [1.82, 2.24) is 10.2 Å². The summed E-state index contributed by atoms with van der Waals surface area (Å²) in [4.78, 5) is 2.50. The van der Waals surface area contributed by atoms with Crippen LogP contribution in [0.2, 0.25) is 0 Å². The summed E-state index contributed by atoms with van der Waals surface area (Å²) in [7, 11) is 1.57. The van der Waals surface area contributed by atoms with E-state index in [2.05, 4.69) is 10.2 Å². The van der Waals surface area contributed by atoms with Crippen molar-refractivity contribution in [2.45, 2.75) is 25.3 Å². The van der Waals surface area contributed by atoms with Crippen LogP contribution in [-0.2, 0) is 0 Å². The monoisotopic (exact) mass is 314 g/mol. The highest BCUT2D eigenvalue weighted by molar-refractivity contribution is 5.85. The van der Waals surface area contributed by atoms with Crippen LogP contribution in [0.4, 0.5) is 4.39 Å². The molecule has 21 heavy (non-hydrogen) atoms. The van der Waals surface area contributed by atoms with E-state index < -0.39 is 0 Å². The molecule has 1 aromatic carbocycles. The molecule has 0 amide bonds. The van der Waals surface area contributed by atoms with Crippen LogP contribution < -0.4 is 10.1 Å². The molecule has 1 atom stereocenters. The number of methoxy groups -OCH3 is 1. The Labute approximate surface area is 132 Å². The van der Waals surface area contributed by atoms with Crippen molar-refractivity contribution in [2.24, 2.45) is 5.92 Å². The third kappa shape index (κ3) is 3.33. The Hall–Kier alpha value is -0.840. The zero-order valence-corrected chi connectivity index (χ0v) is 13.3. The van der Waals surface area contributed by atoms with Gasteiger partial charge in [-0.05, 0) is 24.8 Å². The van der Waals surface area contributed by atoms with Crippen LogP contribution in [0, 0.1) is 11.7 Å². The van der Waals surface area contributed by atoms with Crippen molar-refractivity contribution in [2.75, 3.05) is 33.3 Å². The Morgan fingerprint density at radius 2 is 2.00 bits per heavy atom. The van der Waals surface area contributed by atoms with Crippen molar-refractivity contribution in [3.63, 3.8) is 0 Å². The molecule has 1 aromatic rings. The van der Waals surface area contributed by atoms with Crippen molar-refractivity contribution < 1.29 is 9.13 Å². The topological polar surface area (TPSA) is 24.5 Å². The summed E-state index contributed by atoms with van der Waals surface area (Å²) < 4.78 is 19.4. The van der Waals surface area contributed by atoms with Gasteiger partial charge < -0.3 is 10.1 Å². The standard InChI is InChI=1S/C16H23FN2O.ClH/c1-20-16-13(6-3-7-14(16)17)15(12-4-2-5-12)19-10-8-18-9-11-19;/h3,6-7,12,15,18H,2,4-5,8-11H2,1H3;1H/t15-;/m0./s1. The predicted molar refractivity (Wildman–Crippen MR) is 84.7 cm³/mol. The third-order valence-electron chi connectivity index (χ3n) is 4.66. The molecule has 0 spiro atoms. The number of halogens is 2.